The molecule has 0 radical (unpaired) electrons. The molecule has 0 nitrogen and oxygen atoms in total. The van der Waals surface area contributed by atoms with Crippen LogP contribution in [0.4, 0.5) is 0 Å². The van der Waals surface area contributed by atoms with E-state index in [1.54, 1.807) is 0 Å². The maximum atomic E-state index is 6.09. The predicted molar refractivity (Wildman–Crippen MR) is 63.9 cm³/mol. The van der Waals surface area contributed by atoms with Crippen molar-refractivity contribution in [2.24, 2.45) is 11.8 Å². The van der Waals surface area contributed by atoms with E-state index in [9.17, 15) is 0 Å². The number of rotatable bonds is 3. The molecule has 0 saturated heterocycles. The van der Waals surface area contributed by atoms with E-state index >= 15 is 0 Å². The predicted octanol–water partition coefficient (Wildman–Crippen LogP) is 4.75. The zero-order valence-corrected chi connectivity index (χ0v) is 11.2. The molecule has 0 aromatic heterocycles. The van der Waals surface area contributed by atoms with E-state index in [4.69, 9.17) is 22.2 Å². The molecule has 13 heavy (non-hydrogen) atoms. The van der Waals surface area contributed by atoms with Crippen LogP contribution in [0.5, 0.6) is 0 Å². The van der Waals surface area contributed by atoms with Crippen LogP contribution in [-0.2, 0) is 0 Å². The summed E-state index contributed by atoms with van der Waals surface area (Å²) in [6, 6.07) is 1.08. The third kappa shape index (κ3) is 5.29. The third-order valence-electron chi connectivity index (χ3n) is 3.04. The first-order chi connectivity index (χ1) is 5.97. The van der Waals surface area contributed by atoms with Crippen LogP contribution in [0.3, 0.4) is 0 Å². The molecule has 1 aliphatic rings. The van der Waals surface area contributed by atoms with Gasteiger partial charge in [-0.15, -0.1) is 22.2 Å². The van der Waals surface area contributed by atoms with E-state index in [-0.39, 0.29) is 0 Å². The van der Waals surface area contributed by atoms with Gasteiger partial charge in [-0.3, -0.25) is 0 Å². The van der Waals surface area contributed by atoms with Gasteiger partial charge in [0.05, 0.1) is 0 Å². The monoisotopic (exact) mass is 238 g/mol. The van der Waals surface area contributed by atoms with Crippen LogP contribution in [-0.4, -0.2) is 6.69 Å². The Labute approximate surface area is 92.4 Å². The lowest BCUT2D eigenvalue weighted by molar-refractivity contribution is 0.276. The van der Waals surface area contributed by atoms with Crippen molar-refractivity contribution >= 4 is 28.9 Å². The van der Waals surface area contributed by atoms with Gasteiger partial charge in [-0.2, -0.15) is 0 Å². The standard InChI is InChI=1S/C10H20Cl2Si/c1-9-4-3-5-10(8-9)6-7-13(2,11)12/h9-10H,3-8H2,1-2H3. The van der Waals surface area contributed by atoms with Gasteiger partial charge in [0.1, 0.15) is 0 Å². The quantitative estimate of drug-likeness (QED) is 0.492. The second kappa shape index (κ2) is 5.04. The highest BCUT2D eigenvalue weighted by molar-refractivity contribution is 7.44. The molecule has 2 atom stereocenters. The smallest absolute Gasteiger partial charge is 0.146 e. The SMILES string of the molecule is CC1CCCC(CC[Si](C)(Cl)Cl)C1. The topological polar surface area (TPSA) is 0 Å². The van der Waals surface area contributed by atoms with Crippen LogP contribution >= 0.6 is 22.2 Å². The Balaban J connectivity index is 2.21. The van der Waals surface area contributed by atoms with Crippen LogP contribution in [0.2, 0.25) is 12.6 Å². The van der Waals surface area contributed by atoms with Crippen molar-refractivity contribution in [3.05, 3.63) is 0 Å². The molecule has 0 aromatic rings. The molecule has 0 spiro atoms. The van der Waals surface area contributed by atoms with Crippen LogP contribution in [0, 0.1) is 11.8 Å². The lowest BCUT2D eigenvalue weighted by Crippen LogP contribution is -2.18. The van der Waals surface area contributed by atoms with Crippen LogP contribution in [0.25, 0.3) is 0 Å². The van der Waals surface area contributed by atoms with E-state index in [0.29, 0.717) is 0 Å². The van der Waals surface area contributed by atoms with Crippen molar-refractivity contribution < 1.29 is 0 Å². The summed E-state index contributed by atoms with van der Waals surface area (Å²) < 4.78 is 0. The lowest BCUT2D eigenvalue weighted by Gasteiger charge is -2.27. The lowest BCUT2D eigenvalue weighted by atomic mass is 9.81. The van der Waals surface area contributed by atoms with E-state index in [1.165, 1.54) is 32.1 Å². The van der Waals surface area contributed by atoms with Crippen molar-refractivity contribution in [1.29, 1.82) is 0 Å². The van der Waals surface area contributed by atoms with Gasteiger partial charge in [-0.1, -0.05) is 32.6 Å². The van der Waals surface area contributed by atoms with Gasteiger partial charge in [0.2, 0.25) is 6.69 Å². The molecular weight excluding hydrogens is 219 g/mol. The average Bonchev–Trinajstić information content (AvgIpc) is 2.00. The van der Waals surface area contributed by atoms with Crippen molar-refractivity contribution in [2.75, 3.05) is 0 Å². The minimum absolute atomic E-state index is 0.910. The third-order valence-corrected chi connectivity index (χ3v) is 5.34. The average molecular weight is 239 g/mol. The highest BCUT2D eigenvalue weighted by Gasteiger charge is 2.25. The minimum Gasteiger partial charge on any atom is -0.146 e. The van der Waals surface area contributed by atoms with E-state index < -0.39 is 6.69 Å². The van der Waals surface area contributed by atoms with Crippen molar-refractivity contribution in [2.45, 2.75) is 51.6 Å². The zero-order valence-electron chi connectivity index (χ0n) is 8.65. The summed E-state index contributed by atoms with van der Waals surface area (Å²) in [5, 5.41) is 0. The fraction of sp³-hybridized carbons (Fsp3) is 1.00. The van der Waals surface area contributed by atoms with Crippen LogP contribution < -0.4 is 0 Å². The molecule has 78 valence electrons. The molecule has 2 unspecified atom stereocenters. The summed E-state index contributed by atoms with van der Waals surface area (Å²) in [6.45, 7) is 2.58. The molecule has 1 saturated carbocycles. The first-order valence-corrected chi connectivity index (χ1v) is 10.1. The summed E-state index contributed by atoms with van der Waals surface area (Å²) in [7, 11) is 0. The molecule has 0 heterocycles. The Hall–Kier alpha value is 0.797. The van der Waals surface area contributed by atoms with E-state index in [0.717, 1.165) is 17.9 Å². The fourth-order valence-corrected chi connectivity index (χ4v) is 3.85. The second-order valence-corrected chi connectivity index (χ2v) is 13.0. The highest BCUT2D eigenvalue weighted by Crippen LogP contribution is 2.34. The molecule has 0 aromatic carbocycles. The number of halogens is 2. The first-order valence-electron chi connectivity index (χ1n) is 5.35. The Morgan fingerprint density at radius 3 is 2.54 bits per heavy atom. The van der Waals surface area contributed by atoms with E-state index in [2.05, 4.69) is 6.92 Å². The number of hydrogen-bond donors (Lipinski definition) is 0. The summed E-state index contributed by atoms with van der Waals surface area (Å²) >= 11 is 12.2. The van der Waals surface area contributed by atoms with Crippen molar-refractivity contribution in [3.8, 4) is 0 Å². The van der Waals surface area contributed by atoms with Gasteiger partial charge in [-0.25, -0.2) is 0 Å². The van der Waals surface area contributed by atoms with Gasteiger partial charge >= 0.3 is 0 Å². The van der Waals surface area contributed by atoms with E-state index in [1.807, 2.05) is 6.55 Å². The Kier molecular flexibility index (Phi) is 4.60. The zero-order chi connectivity index (χ0) is 9.90. The molecular formula is C10H20Cl2Si. The Bertz CT molecular complexity index is 153. The maximum absolute atomic E-state index is 6.09. The fourth-order valence-electron chi connectivity index (χ4n) is 2.28. The minimum atomic E-state index is -1.82. The molecule has 1 rings (SSSR count). The van der Waals surface area contributed by atoms with Gasteiger partial charge in [0.25, 0.3) is 0 Å². The normalized spacial score (nSPS) is 30.5. The molecule has 0 aliphatic heterocycles. The first kappa shape index (κ1) is 11.9. The van der Waals surface area contributed by atoms with Crippen LogP contribution in [0.15, 0.2) is 0 Å². The molecule has 0 N–H and O–H groups in total. The Morgan fingerprint density at radius 2 is 2.00 bits per heavy atom. The van der Waals surface area contributed by atoms with Gasteiger partial charge in [0.15, 0.2) is 0 Å². The van der Waals surface area contributed by atoms with Crippen molar-refractivity contribution in [1.82, 2.24) is 0 Å². The van der Waals surface area contributed by atoms with Crippen LogP contribution in [0.1, 0.15) is 39.0 Å². The molecule has 1 aliphatic carbocycles. The molecule has 3 heteroatoms. The molecule has 0 bridgehead atoms. The maximum Gasteiger partial charge on any atom is 0.248 e. The molecule has 0 amide bonds. The summed E-state index contributed by atoms with van der Waals surface area (Å²) in [5.41, 5.74) is 0. The second-order valence-electron chi connectivity index (χ2n) is 4.75. The van der Waals surface area contributed by atoms with Crippen molar-refractivity contribution in [3.63, 3.8) is 0 Å². The van der Waals surface area contributed by atoms with Gasteiger partial charge in [-0.05, 0) is 30.8 Å². The summed E-state index contributed by atoms with van der Waals surface area (Å²) in [6.07, 6.45) is 6.91. The summed E-state index contributed by atoms with van der Waals surface area (Å²) in [5.74, 6) is 1.84. The summed E-state index contributed by atoms with van der Waals surface area (Å²) in [4.78, 5) is 0. The van der Waals surface area contributed by atoms with Gasteiger partial charge < -0.3 is 0 Å². The van der Waals surface area contributed by atoms with Gasteiger partial charge in [0, 0.05) is 0 Å². The Morgan fingerprint density at radius 1 is 1.31 bits per heavy atom. The molecule has 1 fully saturated rings. The largest absolute Gasteiger partial charge is 0.248 e. The number of hydrogen-bond acceptors (Lipinski definition) is 0. The highest BCUT2D eigenvalue weighted by atomic mass is 35.7.